The van der Waals surface area contributed by atoms with Crippen LogP contribution in [0.1, 0.15) is 40.5 Å². The number of amides is 2. The number of alkyl carbamates (subject to hydrolysis) is 1. The molecule has 0 aromatic carbocycles. The van der Waals surface area contributed by atoms with Crippen LogP contribution in [0.2, 0.25) is 0 Å². The Morgan fingerprint density at radius 2 is 1.79 bits per heavy atom. The molecule has 1 rings (SSSR count). The molecule has 0 radical (unpaired) electrons. The zero-order valence-electron chi connectivity index (χ0n) is 17.0. The third kappa shape index (κ3) is 6.92. The van der Waals surface area contributed by atoms with Gasteiger partial charge >= 0.3 is 12.1 Å². The summed E-state index contributed by atoms with van der Waals surface area (Å²) in [4.78, 5) is 35.9. The Hall–Kier alpha value is -1.91. The summed E-state index contributed by atoms with van der Waals surface area (Å²) in [5, 5.41) is 34.7. The highest BCUT2D eigenvalue weighted by Crippen LogP contribution is 2.36. The van der Waals surface area contributed by atoms with Gasteiger partial charge in [0.15, 0.2) is 0 Å². The SMILES string of the molecule is COC(=O)C1C[C@H](NC(=O)OC(C)(C)C)[C@@H](C(NC(C)=O)C(O)C(O)CO)C1. The molecule has 6 atom stereocenters. The molecule has 0 saturated heterocycles. The normalized spacial score (nSPS) is 25.4. The number of hydrogen-bond acceptors (Lipinski definition) is 8. The molecule has 2 amide bonds. The first-order valence-corrected chi connectivity index (χ1v) is 9.21. The quantitative estimate of drug-likeness (QED) is 0.349. The van der Waals surface area contributed by atoms with Crippen molar-refractivity contribution in [2.24, 2.45) is 11.8 Å². The molecule has 1 aliphatic carbocycles. The predicted octanol–water partition coefficient (Wildman–Crippen LogP) is -0.702. The number of aliphatic hydroxyl groups is 3. The summed E-state index contributed by atoms with van der Waals surface area (Å²) in [5.74, 6) is -2.11. The van der Waals surface area contributed by atoms with E-state index in [-0.39, 0.29) is 12.8 Å². The molecule has 0 aromatic rings. The predicted molar refractivity (Wildman–Crippen MR) is 98.1 cm³/mol. The van der Waals surface area contributed by atoms with Gasteiger partial charge in [0.2, 0.25) is 5.91 Å². The summed E-state index contributed by atoms with van der Waals surface area (Å²) in [6.07, 6.45) is -3.29. The van der Waals surface area contributed by atoms with E-state index in [0.717, 1.165) is 0 Å². The minimum absolute atomic E-state index is 0.202. The maximum atomic E-state index is 12.2. The minimum Gasteiger partial charge on any atom is -0.469 e. The van der Waals surface area contributed by atoms with Gasteiger partial charge in [-0.15, -0.1) is 0 Å². The molecule has 0 spiro atoms. The van der Waals surface area contributed by atoms with Gasteiger partial charge in [-0.1, -0.05) is 0 Å². The average Bonchev–Trinajstić information content (AvgIpc) is 2.99. The number of carbonyl (C=O) groups is 3. The molecule has 1 aliphatic rings. The van der Waals surface area contributed by atoms with Crippen LogP contribution in [0.15, 0.2) is 0 Å². The summed E-state index contributed by atoms with van der Waals surface area (Å²) < 4.78 is 10.0. The first-order valence-electron chi connectivity index (χ1n) is 9.21. The topological polar surface area (TPSA) is 154 Å². The molecule has 162 valence electrons. The van der Waals surface area contributed by atoms with E-state index >= 15 is 0 Å². The van der Waals surface area contributed by atoms with Crippen LogP contribution in [-0.4, -0.2) is 76.9 Å². The summed E-state index contributed by atoms with van der Waals surface area (Å²) >= 11 is 0. The summed E-state index contributed by atoms with van der Waals surface area (Å²) in [7, 11) is 1.25. The smallest absolute Gasteiger partial charge is 0.407 e. The van der Waals surface area contributed by atoms with Crippen LogP contribution in [0.4, 0.5) is 4.79 Å². The Balaban J connectivity index is 3.11. The standard InChI is InChI=1S/C18H32N2O8/c1-9(22)19-14(15(24)13(23)8-21)11-6-10(16(25)27-5)7-12(11)20-17(26)28-18(2,3)4/h10-15,21,23-24H,6-8H2,1-5H3,(H,19,22)(H,20,26)/t10?,11-,12-,13?,14?,15?/m0/s1. The minimum atomic E-state index is -1.50. The Bertz CT molecular complexity index is 562. The van der Waals surface area contributed by atoms with E-state index < -0.39 is 66.3 Å². The van der Waals surface area contributed by atoms with Gasteiger partial charge in [0.05, 0.1) is 25.7 Å². The number of hydrogen-bond donors (Lipinski definition) is 5. The third-order valence-electron chi connectivity index (χ3n) is 4.63. The van der Waals surface area contributed by atoms with Crippen LogP contribution in [0, 0.1) is 11.8 Å². The second kappa shape index (κ2) is 10.0. The van der Waals surface area contributed by atoms with Crippen molar-refractivity contribution in [3.8, 4) is 0 Å². The summed E-state index contributed by atoms with van der Waals surface area (Å²) in [6, 6.07) is -1.63. The first kappa shape index (κ1) is 24.1. The highest BCUT2D eigenvalue weighted by molar-refractivity contribution is 5.75. The molecule has 0 bridgehead atoms. The molecule has 10 nitrogen and oxygen atoms in total. The second-order valence-electron chi connectivity index (χ2n) is 8.07. The van der Waals surface area contributed by atoms with Gasteiger partial charge in [0.25, 0.3) is 0 Å². The summed E-state index contributed by atoms with van der Waals surface area (Å²) in [6.45, 7) is 5.65. The molecule has 0 aromatic heterocycles. The zero-order valence-corrected chi connectivity index (χ0v) is 17.0. The van der Waals surface area contributed by atoms with Crippen LogP contribution in [-0.2, 0) is 19.1 Å². The number of carbonyl (C=O) groups excluding carboxylic acids is 3. The van der Waals surface area contributed by atoms with Crippen molar-refractivity contribution in [2.75, 3.05) is 13.7 Å². The molecule has 1 fully saturated rings. The number of esters is 1. The lowest BCUT2D eigenvalue weighted by molar-refractivity contribution is -0.145. The van der Waals surface area contributed by atoms with Gasteiger partial charge in [-0.2, -0.15) is 0 Å². The Morgan fingerprint density at radius 3 is 2.25 bits per heavy atom. The second-order valence-corrected chi connectivity index (χ2v) is 8.07. The highest BCUT2D eigenvalue weighted by atomic mass is 16.6. The van der Waals surface area contributed by atoms with Crippen LogP contribution in [0.25, 0.3) is 0 Å². The maximum absolute atomic E-state index is 12.2. The van der Waals surface area contributed by atoms with Crippen molar-refractivity contribution < 1.29 is 39.2 Å². The fourth-order valence-corrected chi connectivity index (χ4v) is 3.48. The Labute approximate surface area is 164 Å². The van der Waals surface area contributed by atoms with Crippen molar-refractivity contribution in [1.29, 1.82) is 0 Å². The number of ether oxygens (including phenoxy) is 2. The number of nitrogens with one attached hydrogen (secondary N) is 2. The molecule has 5 N–H and O–H groups in total. The van der Waals surface area contributed by atoms with Gasteiger partial charge in [-0.25, -0.2) is 4.79 Å². The van der Waals surface area contributed by atoms with Crippen molar-refractivity contribution >= 4 is 18.0 Å². The van der Waals surface area contributed by atoms with Crippen molar-refractivity contribution in [3.05, 3.63) is 0 Å². The van der Waals surface area contributed by atoms with Gasteiger partial charge in [0, 0.05) is 18.9 Å². The number of aliphatic hydroxyl groups excluding tert-OH is 3. The lowest BCUT2D eigenvalue weighted by atomic mass is 9.87. The van der Waals surface area contributed by atoms with Gasteiger partial charge in [0.1, 0.15) is 17.8 Å². The van der Waals surface area contributed by atoms with E-state index in [4.69, 9.17) is 14.6 Å². The van der Waals surface area contributed by atoms with E-state index in [2.05, 4.69) is 10.6 Å². The van der Waals surface area contributed by atoms with Crippen molar-refractivity contribution in [1.82, 2.24) is 10.6 Å². The van der Waals surface area contributed by atoms with Gasteiger partial charge < -0.3 is 35.4 Å². The fraction of sp³-hybridized carbons (Fsp3) is 0.833. The van der Waals surface area contributed by atoms with E-state index in [1.54, 1.807) is 20.8 Å². The lowest BCUT2D eigenvalue weighted by Crippen LogP contribution is -2.57. The molecular formula is C18H32N2O8. The Morgan fingerprint density at radius 1 is 1.18 bits per heavy atom. The molecule has 10 heteroatoms. The number of methoxy groups -OCH3 is 1. The number of rotatable bonds is 7. The zero-order chi connectivity index (χ0) is 21.6. The van der Waals surface area contributed by atoms with Crippen LogP contribution >= 0.6 is 0 Å². The van der Waals surface area contributed by atoms with Crippen LogP contribution in [0.3, 0.4) is 0 Å². The van der Waals surface area contributed by atoms with Crippen molar-refractivity contribution in [3.63, 3.8) is 0 Å². The maximum Gasteiger partial charge on any atom is 0.407 e. The van der Waals surface area contributed by atoms with E-state index in [1.807, 2.05) is 0 Å². The molecule has 28 heavy (non-hydrogen) atoms. The highest BCUT2D eigenvalue weighted by Gasteiger charge is 2.46. The van der Waals surface area contributed by atoms with Crippen molar-refractivity contribution in [2.45, 2.75) is 70.4 Å². The molecule has 0 heterocycles. The summed E-state index contributed by atoms with van der Waals surface area (Å²) in [5.41, 5.74) is -0.733. The van der Waals surface area contributed by atoms with E-state index in [9.17, 15) is 24.6 Å². The van der Waals surface area contributed by atoms with Crippen LogP contribution in [0.5, 0.6) is 0 Å². The first-order chi connectivity index (χ1) is 12.9. The third-order valence-corrected chi connectivity index (χ3v) is 4.63. The van der Waals surface area contributed by atoms with E-state index in [0.29, 0.717) is 0 Å². The van der Waals surface area contributed by atoms with E-state index in [1.165, 1.54) is 14.0 Å². The monoisotopic (exact) mass is 404 g/mol. The average molecular weight is 404 g/mol. The van der Waals surface area contributed by atoms with Gasteiger partial charge in [-0.3, -0.25) is 9.59 Å². The van der Waals surface area contributed by atoms with Gasteiger partial charge in [-0.05, 0) is 33.6 Å². The van der Waals surface area contributed by atoms with Crippen LogP contribution < -0.4 is 10.6 Å². The molecule has 1 saturated carbocycles. The molecular weight excluding hydrogens is 372 g/mol. The molecule has 0 aliphatic heterocycles. The Kier molecular flexibility index (Phi) is 8.65. The lowest BCUT2D eigenvalue weighted by Gasteiger charge is -2.34. The molecule has 4 unspecified atom stereocenters. The fourth-order valence-electron chi connectivity index (χ4n) is 3.48. The largest absolute Gasteiger partial charge is 0.469 e.